The Morgan fingerprint density at radius 2 is 2.43 bits per heavy atom. The number of rotatable bonds is 3. The minimum Gasteiger partial charge on any atom is -0.379 e. The van der Waals surface area contributed by atoms with Crippen molar-refractivity contribution in [1.29, 1.82) is 0 Å². The van der Waals surface area contributed by atoms with Crippen LogP contribution in [0.3, 0.4) is 0 Å². The Hall–Kier alpha value is -0.850. The van der Waals surface area contributed by atoms with E-state index >= 15 is 0 Å². The maximum atomic E-state index is 5.24. The maximum Gasteiger partial charge on any atom is 0.238 e. The smallest absolute Gasteiger partial charge is 0.238 e. The summed E-state index contributed by atoms with van der Waals surface area (Å²) in [5.41, 5.74) is 3.51. The third-order valence-electron chi connectivity index (χ3n) is 1.94. The molecule has 1 aliphatic rings. The Morgan fingerprint density at radius 3 is 3.00 bits per heavy atom. The zero-order valence-corrected chi connectivity index (χ0v) is 8.67. The van der Waals surface area contributed by atoms with Crippen LogP contribution in [0.25, 0.3) is 0 Å². The number of aryl methyl sites for hydroxylation is 1. The first-order valence-corrected chi connectivity index (χ1v) is 5.22. The topological polar surface area (TPSA) is 73.1 Å². The molecule has 3 N–H and O–H groups in total. The Labute approximate surface area is 86.4 Å². The normalized spacial score (nSPS) is 16.4. The molecule has 1 fully saturated rings. The van der Waals surface area contributed by atoms with Crippen molar-refractivity contribution in [2.75, 3.05) is 18.6 Å². The lowest BCUT2D eigenvalue weighted by molar-refractivity contribution is 0.0454. The molecule has 1 aromatic heterocycles. The van der Waals surface area contributed by atoms with Gasteiger partial charge in [-0.1, -0.05) is 11.8 Å². The molecule has 0 spiro atoms. The molecule has 0 saturated carbocycles. The number of nitrogens with zero attached hydrogens (tertiary/aromatic N) is 2. The van der Waals surface area contributed by atoms with Crippen LogP contribution in [-0.2, 0) is 4.74 Å². The van der Waals surface area contributed by atoms with Crippen molar-refractivity contribution >= 4 is 17.7 Å². The van der Waals surface area contributed by atoms with Crippen LogP contribution in [0.5, 0.6) is 0 Å². The van der Waals surface area contributed by atoms with E-state index in [1.54, 1.807) is 18.0 Å². The summed E-state index contributed by atoms with van der Waals surface area (Å²) in [6.07, 6.45) is 1.77. The molecule has 0 amide bonds. The summed E-state index contributed by atoms with van der Waals surface area (Å²) in [6, 6.07) is 0. The molecule has 0 radical (unpaired) electrons. The summed E-state index contributed by atoms with van der Waals surface area (Å²) in [6.45, 7) is 3.60. The van der Waals surface area contributed by atoms with Gasteiger partial charge < -0.3 is 4.74 Å². The highest BCUT2D eigenvalue weighted by molar-refractivity contribution is 8.00. The molecule has 1 saturated heterocycles. The number of nitrogens with two attached hydrogens (primary N) is 1. The van der Waals surface area contributed by atoms with E-state index < -0.39 is 0 Å². The molecule has 5 nitrogen and oxygen atoms in total. The van der Waals surface area contributed by atoms with Crippen LogP contribution in [0.4, 0.5) is 5.95 Å². The number of anilines is 1. The van der Waals surface area contributed by atoms with Crippen LogP contribution >= 0.6 is 11.8 Å². The van der Waals surface area contributed by atoms with Crippen molar-refractivity contribution in [3.63, 3.8) is 0 Å². The molecule has 0 bridgehead atoms. The lowest BCUT2D eigenvalue weighted by Crippen LogP contribution is -2.30. The van der Waals surface area contributed by atoms with Crippen LogP contribution in [0, 0.1) is 6.92 Å². The Balaban J connectivity index is 2.13. The zero-order chi connectivity index (χ0) is 9.97. The second-order valence-corrected chi connectivity index (χ2v) is 4.39. The molecule has 1 aromatic rings. The number of nitrogens with one attached hydrogen (secondary N) is 1. The van der Waals surface area contributed by atoms with Gasteiger partial charge in [-0.3, -0.25) is 5.43 Å². The third-order valence-corrected chi connectivity index (χ3v) is 3.18. The summed E-state index contributed by atoms with van der Waals surface area (Å²) in [4.78, 5) is 8.29. The lowest BCUT2D eigenvalue weighted by atomic mass is 10.4. The molecule has 2 heterocycles. The van der Waals surface area contributed by atoms with Gasteiger partial charge in [-0.2, -0.15) is 0 Å². The fraction of sp³-hybridized carbons (Fsp3) is 0.500. The van der Waals surface area contributed by atoms with E-state index in [-0.39, 0.29) is 0 Å². The van der Waals surface area contributed by atoms with Gasteiger partial charge in [0, 0.05) is 6.20 Å². The van der Waals surface area contributed by atoms with Crippen molar-refractivity contribution in [1.82, 2.24) is 9.97 Å². The van der Waals surface area contributed by atoms with Crippen LogP contribution in [-0.4, -0.2) is 28.4 Å². The van der Waals surface area contributed by atoms with Gasteiger partial charge in [-0.25, -0.2) is 15.8 Å². The minimum absolute atomic E-state index is 0.457. The van der Waals surface area contributed by atoms with Crippen LogP contribution in [0.15, 0.2) is 11.2 Å². The van der Waals surface area contributed by atoms with Crippen LogP contribution in [0.1, 0.15) is 5.56 Å². The van der Waals surface area contributed by atoms with Gasteiger partial charge in [-0.15, -0.1) is 0 Å². The predicted molar refractivity (Wildman–Crippen MR) is 55.0 cm³/mol. The highest BCUT2D eigenvalue weighted by Gasteiger charge is 2.21. The fourth-order valence-corrected chi connectivity index (χ4v) is 2.08. The van der Waals surface area contributed by atoms with Crippen molar-refractivity contribution in [2.45, 2.75) is 17.2 Å². The van der Waals surface area contributed by atoms with E-state index in [2.05, 4.69) is 15.4 Å². The highest BCUT2D eigenvalue weighted by atomic mass is 32.2. The molecule has 0 aromatic carbocycles. The van der Waals surface area contributed by atoms with Gasteiger partial charge in [0.25, 0.3) is 0 Å². The third kappa shape index (κ3) is 1.97. The molecule has 6 heteroatoms. The summed E-state index contributed by atoms with van der Waals surface area (Å²) in [5.74, 6) is 5.69. The molecule has 0 aliphatic carbocycles. The van der Waals surface area contributed by atoms with Crippen molar-refractivity contribution in [3.05, 3.63) is 11.8 Å². The number of aromatic nitrogens is 2. The number of hydrogen-bond donors (Lipinski definition) is 2. The summed E-state index contributed by atoms with van der Waals surface area (Å²) in [7, 11) is 0. The number of hydrogen-bond acceptors (Lipinski definition) is 6. The molecule has 1 aliphatic heterocycles. The Bertz CT molecular complexity index is 329. The fourth-order valence-electron chi connectivity index (χ4n) is 1.06. The number of hydrazine groups is 1. The predicted octanol–water partition coefficient (Wildman–Crippen LogP) is 0.562. The first kappa shape index (κ1) is 9.70. The molecule has 76 valence electrons. The van der Waals surface area contributed by atoms with Gasteiger partial charge in [0.2, 0.25) is 5.95 Å². The second-order valence-electron chi connectivity index (χ2n) is 3.10. The van der Waals surface area contributed by atoms with Gasteiger partial charge in [0.05, 0.1) is 18.5 Å². The summed E-state index contributed by atoms with van der Waals surface area (Å²) >= 11 is 1.71. The number of thioether (sulfide) groups is 1. The number of ether oxygens (including phenoxy) is 1. The van der Waals surface area contributed by atoms with E-state index in [1.807, 2.05) is 6.92 Å². The lowest BCUT2D eigenvalue weighted by Gasteiger charge is -2.25. The van der Waals surface area contributed by atoms with Gasteiger partial charge >= 0.3 is 0 Å². The quantitative estimate of drug-likeness (QED) is 0.433. The standard InChI is InChI=1S/C8H12N4OS/c1-5-2-10-8(12-9)11-7(5)14-6-3-13-4-6/h2,6H,3-4,9H2,1H3,(H,10,11,12). The minimum atomic E-state index is 0.457. The molecule has 2 rings (SSSR count). The van der Waals surface area contributed by atoms with Gasteiger partial charge in [0.1, 0.15) is 5.03 Å². The van der Waals surface area contributed by atoms with E-state index in [4.69, 9.17) is 10.6 Å². The molecule has 0 atom stereocenters. The first-order chi connectivity index (χ1) is 6.79. The van der Waals surface area contributed by atoms with E-state index in [1.165, 1.54) is 0 Å². The van der Waals surface area contributed by atoms with Crippen molar-refractivity contribution < 1.29 is 4.74 Å². The second kappa shape index (κ2) is 4.12. The van der Waals surface area contributed by atoms with E-state index in [0.717, 1.165) is 23.8 Å². The van der Waals surface area contributed by atoms with Gasteiger partial charge in [-0.05, 0) is 12.5 Å². The Morgan fingerprint density at radius 1 is 1.64 bits per heavy atom. The van der Waals surface area contributed by atoms with Crippen molar-refractivity contribution in [3.8, 4) is 0 Å². The number of nitrogen functional groups attached to an aromatic ring is 1. The highest BCUT2D eigenvalue weighted by Crippen LogP contribution is 2.28. The summed E-state index contributed by atoms with van der Waals surface area (Å²) in [5, 5.41) is 1.50. The van der Waals surface area contributed by atoms with Crippen LogP contribution < -0.4 is 11.3 Å². The first-order valence-electron chi connectivity index (χ1n) is 4.34. The van der Waals surface area contributed by atoms with Crippen LogP contribution in [0.2, 0.25) is 0 Å². The van der Waals surface area contributed by atoms with E-state index in [9.17, 15) is 0 Å². The summed E-state index contributed by atoms with van der Waals surface area (Å²) < 4.78 is 5.10. The Kier molecular flexibility index (Phi) is 2.85. The average Bonchev–Trinajstić information content (AvgIpc) is 2.14. The largest absolute Gasteiger partial charge is 0.379 e. The van der Waals surface area contributed by atoms with Crippen molar-refractivity contribution in [2.24, 2.45) is 5.84 Å². The molecular formula is C8H12N4OS. The molecular weight excluding hydrogens is 200 g/mol. The van der Waals surface area contributed by atoms with E-state index in [0.29, 0.717) is 11.2 Å². The molecule has 14 heavy (non-hydrogen) atoms. The monoisotopic (exact) mass is 212 g/mol. The molecule has 0 unspecified atom stereocenters. The van der Waals surface area contributed by atoms with Gasteiger partial charge in [0.15, 0.2) is 0 Å². The SMILES string of the molecule is Cc1cnc(NN)nc1SC1COC1. The average molecular weight is 212 g/mol. The zero-order valence-electron chi connectivity index (χ0n) is 7.86. The maximum absolute atomic E-state index is 5.24.